The quantitative estimate of drug-likeness (QED) is 0.267. The number of hydrogen-bond donors (Lipinski definition) is 3. The number of rotatable bonds is 6. The van der Waals surface area contributed by atoms with Gasteiger partial charge in [0.2, 0.25) is 0 Å². The topological polar surface area (TPSA) is 167 Å². The number of aliphatic hydroxyl groups excluding tert-OH is 1. The van der Waals surface area contributed by atoms with E-state index in [0.717, 1.165) is 24.0 Å². The zero-order chi connectivity index (χ0) is 30.2. The molecule has 0 radical (unpaired) electrons. The van der Waals surface area contributed by atoms with Crippen LogP contribution in [-0.2, 0) is 0 Å². The first-order valence-corrected chi connectivity index (χ1v) is 14.4. The second-order valence-electron chi connectivity index (χ2n) is 11.3. The summed E-state index contributed by atoms with van der Waals surface area (Å²) in [6.45, 7) is 5.79. The van der Waals surface area contributed by atoms with E-state index in [9.17, 15) is 14.7 Å². The fraction of sp³-hybridized carbons (Fsp3) is 0.323. The summed E-state index contributed by atoms with van der Waals surface area (Å²) in [7, 11) is 0. The van der Waals surface area contributed by atoms with Gasteiger partial charge < -0.3 is 16.2 Å². The fourth-order valence-corrected chi connectivity index (χ4v) is 5.36. The van der Waals surface area contributed by atoms with E-state index in [4.69, 9.17) is 10.8 Å². The minimum absolute atomic E-state index is 0.0205. The van der Waals surface area contributed by atoms with E-state index in [0.29, 0.717) is 52.6 Å². The van der Waals surface area contributed by atoms with Crippen LogP contribution in [0.5, 0.6) is 0 Å². The largest absolute Gasteiger partial charge is 0.393 e. The van der Waals surface area contributed by atoms with Crippen molar-refractivity contribution in [3.8, 4) is 17.1 Å². The molecule has 0 aliphatic heterocycles. The molecule has 1 aromatic carbocycles. The number of nitrogen functional groups attached to an aromatic ring is 1. The average molecular weight is 580 g/mol. The molecule has 5 aromatic rings. The molecule has 12 heteroatoms. The minimum Gasteiger partial charge on any atom is -0.393 e. The second-order valence-corrected chi connectivity index (χ2v) is 11.3. The predicted molar refractivity (Wildman–Crippen MR) is 163 cm³/mol. The van der Waals surface area contributed by atoms with Crippen molar-refractivity contribution in [2.75, 3.05) is 11.1 Å². The van der Waals surface area contributed by atoms with Crippen molar-refractivity contribution >= 4 is 28.4 Å². The number of aromatic nitrogens is 7. The number of anilines is 2. The molecule has 6 rings (SSSR count). The van der Waals surface area contributed by atoms with Crippen molar-refractivity contribution in [2.24, 2.45) is 0 Å². The summed E-state index contributed by atoms with van der Waals surface area (Å²) in [5.41, 5.74) is 9.81. The van der Waals surface area contributed by atoms with E-state index in [1.165, 1.54) is 17.1 Å². The molecule has 43 heavy (non-hydrogen) atoms. The van der Waals surface area contributed by atoms with Crippen LogP contribution in [0.15, 0.2) is 59.8 Å². The van der Waals surface area contributed by atoms with E-state index in [1.54, 1.807) is 24.4 Å². The molecule has 1 fully saturated rings. The molecule has 4 N–H and O–H groups in total. The molecule has 0 unspecified atom stereocenters. The minimum atomic E-state index is -0.558. The van der Waals surface area contributed by atoms with Gasteiger partial charge in [-0.1, -0.05) is 32.0 Å². The number of aryl methyl sites for hydroxylation is 1. The normalized spacial score (nSPS) is 17.0. The molecule has 1 aliphatic rings. The Kier molecular flexibility index (Phi) is 7.45. The molecular weight excluding hydrogens is 546 g/mol. The Labute approximate surface area is 247 Å². The highest BCUT2D eigenvalue weighted by atomic mass is 16.3. The van der Waals surface area contributed by atoms with Crippen molar-refractivity contribution in [1.82, 2.24) is 34.5 Å². The Bertz CT molecular complexity index is 1850. The highest BCUT2D eigenvalue weighted by molar-refractivity contribution is 6.04. The first kappa shape index (κ1) is 28.2. The van der Waals surface area contributed by atoms with Gasteiger partial charge in [-0.05, 0) is 68.4 Å². The molecule has 12 nitrogen and oxygen atoms in total. The van der Waals surface area contributed by atoms with Gasteiger partial charge in [0, 0.05) is 17.4 Å². The smallest absolute Gasteiger partial charge is 0.285 e. The molecular formula is C31H33N9O3. The van der Waals surface area contributed by atoms with Crippen molar-refractivity contribution in [1.29, 1.82) is 0 Å². The third-order valence-electron chi connectivity index (χ3n) is 7.83. The third kappa shape index (κ3) is 5.48. The lowest BCUT2D eigenvalue weighted by atomic mass is 9.93. The zero-order valence-corrected chi connectivity index (χ0v) is 24.2. The zero-order valence-electron chi connectivity index (χ0n) is 24.2. The van der Waals surface area contributed by atoms with Gasteiger partial charge >= 0.3 is 0 Å². The maximum absolute atomic E-state index is 13.4. The monoisotopic (exact) mass is 579 g/mol. The van der Waals surface area contributed by atoms with Crippen LogP contribution in [-0.4, -0.2) is 51.6 Å². The van der Waals surface area contributed by atoms with E-state index in [2.05, 4.69) is 25.4 Å². The summed E-state index contributed by atoms with van der Waals surface area (Å²) in [6, 6.07) is 12.3. The van der Waals surface area contributed by atoms with Crippen LogP contribution >= 0.6 is 0 Å². The number of benzene rings is 1. The number of carbonyl (C=O) groups excluding carboxylic acids is 1. The molecule has 1 saturated carbocycles. The van der Waals surface area contributed by atoms with E-state index in [-0.39, 0.29) is 23.6 Å². The highest BCUT2D eigenvalue weighted by Crippen LogP contribution is 2.36. The summed E-state index contributed by atoms with van der Waals surface area (Å²) in [4.78, 5) is 39.7. The van der Waals surface area contributed by atoms with Crippen molar-refractivity contribution in [2.45, 2.75) is 64.5 Å². The lowest BCUT2D eigenvalue weighted by Gasteiger charge is -2.25. The summed E-state index contributed by atoms with van der Waals surface area (Å²) in [5.74, 6) is 0.107. The molecule has 0 bridgehead atoms. The van der Waals surface area contributed by atoms with Gasteiger partial charge in [0.1, 0.15) is 23.4 Å². The maximum Gasteiger partial charge on any atom is 0.285 e. The van der Waals surface area contributed by atoms with Crippen molar-refractivity contribution in [3.63, 3.8) is 0 Å². The van der Waals surface area contributed by atoms with Gasteiger partial charge in [-0.25, -0.2) is 19.6 Å². The van der Waals surface area contributed by atoms with Crippen LogP contribution in [0, 0.1) is 6.92 Å². The van der Waals surface area contributed by atoms with E-state index >= 15 is 0 Å². The number of hydrogen-bond acceptors (Lipinski definition) is 9. The Hall–Kier alpha value is -4.97. The van der Waals surface area contributed by atoms with Crippen LogP contribution in [0.4, 0.5) is 11.5 Å². The molecule has 0 spiro atoms. The molecule has 4 heterocycles. The Balaban J connectivity index is 1.30. The van der Waals surface area contributed by atoms with Gasteiger partial charge in [0.15, 0.2) is 11.5 Å². The van der Waals surface area contributed by atoms with Crippen molar-refractivity contribution < 1.29 is 9.90 Å². The van der Waals surface area contributed by atoms with Gasteiger partial charge in [-0.2, -0.15) is 14.9 Å². The summed E-state index contributed by atoms with van der Waals surface area (Å²) in [6.07, 6.45) is 5.80. The van der Waals surface area contributed by atoms with Gasteiger partial charge in [-0.15, -0.1) is 0 Å². The van der Waals surface area contributed by atoms with Crippen LogP contribution in [0.1, 0.15) is 73.1 Å². The Morgan fingerprint density at radius 3 is 2.44 bits per heavy atom. The molecule has 1 aliphatic carbocycles. The SMILES string of the molecule is Cc1ccc(-n2nc(C(C)C)cc(C(=O)Nc3ccc(-c4nn(C5CCC(O)CC5)c5ncnc(N)c45)cc3)c2=O)nc1. The number of nitrogens with zero attached hydrogens (tertiary/aromatic N) is 7. The summed E-state index contributed by atoms with van der Waals surface area (Å²) < 4.78 is 3.07. The van der Waals surface area contributed by atoms with Crippen molar-refractivity contribution in [3.05, 3.63) is 82.2 Å². The number of nitrogens with two attached hydrogens (primary N) is 1. The Morgan fingerprint density at radius 2 is 1.77 bits per heavy atom. The summed E-state index contributed by atoms with van der Waals surface area (Å²) in [5, 5.41) is 22.8. The average Bonchev–Trinajstić information content (AvgIpc) is 3.39. The Morgan fingerprint density at radius 1 is 1.02 bits per heavy atom. The number of pyridine rings is 1. The number of carbonyl (C=O) groups is 1. The molecule has 4 aromatic heterocycles. The molecule has 0 atom stereocenters. The van der Waals surface area contributed by atoms with E-state index in [1.807, 2.05) is 43.7 Å². The molecule has 0 saturated heterocycles. The van der Waals surface area contributed by atoms with Crippen LogP contribution in [0.3, 0.4) is 0 Å². The van der Waals surface area contributed by atoms with Gasteiger partial charge in [-0.3, -0.25) is 9.59 Å². The molecule has 1 amide bonds. The second kappa shape index (κ2) is 11.4. The summed E-state index contributed by atoms with van der Waals surface area (Å²) >= 11 is 0. The maximum atomic E-state index is 13.4. The van der Waals surface area contributed by atoms with Crippen LogP contribution < -0.4 is 16.6 Å². The lowest BCUT2D eigenvalue weighted by Crippen LogP contribution is -2.31. The predicted octanol–water partition coefficient (Wildman–Crippen LogP) is 4.18. The van der Waals surface area contributed by atoms with Crippen LogP contribution in [0.25, 0.3) is 28.1 Å². The fourth-order valence-electron chi connectivity index (χ4n) is 5.36. The first-order chi connectivity index (χ1) is 20.7. The molecule has 220 valence electrons. The highest BCUT2D eigenvalue weighted by Gasteiger charge is 2.26. The van der Waals surface area contributed by atoms with Crippen LogP contribution in [0.2, 0.25) is 0 Å². The van der Waals surface area contributed by atoms with Gasteiger partial charge in [0.25, 0.3) is 11.5 Å². The number of aliphatic hydroxyl groups is 1. The van der Waals surface area contributed by atoms with Gasteiger partial charge in [0.05, 0.1) is 23.2 Å². The number of amides is 1. The third-order valence-corrected chi connectivity index (χ3v) is 7.83. The first-order valence-electron chi connectivity index (χ1n) is 14.4. The van der Waals surface area contributed by atoms with E-state index < -0.39 is 11.5 Å². The lowest BCUT2D eigenvalue weighted by molar-refractivity contribution is 0.102. The standard InChI is InChI=1S/C31H33N9O3/c1-17(2)24-14-23(31(43)40(37-24)25-13-4-18(3)15-33-25)30(42)36-20-7-5-19(6-8-20)27-26-28(32)34-16-35-29(26)39(38-27)21-9-11-22(41)12-10-21/h4-8,13-17,21-22,41H,9-12H2,1-3H3,(H,36,42)(H2,32,34,35). The number of fused-ring (bicyclic) bond motifs is 1. The number of nitrogens with one attached hydrogen (secondary N) is 1.